The number of amides is 1. The summed E-state index contributed by atoms with van der Waals surface area (Å²) in [6, 6.07) is 17.7. The molecule has 0 fully saturated rings. The molecule has 27 heavy (non-hydrogen) atoms. The number of imidazole rings is 1. The fraction of sp³-hybridized carbons (Fsp3) is 0.130. The van der Waals surface area contributed by atoms with E-state index >= 15 is 0 Å². The first kappa shape index (κ1) is 17.0. The summed E-state index contributed by atoms with van der Waals surface area (Å²) in [4.78, 5) is 17.3. The summed E-state index contributed by atoms with van der Waals surface area (Å²) in [5.74, 6) is -0.102. The van der Waals surface area contributed by atoms with Gasteiger partial charge in [-0.3, -0.25) is 4.79 Å². The molecule has 4 rings (SSSR count). The van der Waals surface area contributed by atoms with E-state index in [4.69, 9.17) is 4.98 Å². The Labute approximate surface area is 158 Å². The van der Waals surface area contributed by atoms with Crippen molar-refractivity contribution in [3.8, 4) is 11.3 Å². The smallest absolute Gasteiger partial charge is 0.255 e. The maximum absolute atomic E-state index is 12.6. The van der Waals surface area contributed by atoms with Crippen LogP contribution >= 0.6 is 0 Å². The number of rotatable bonds is 3. The maximum Gasteiger partial charge on any atom is 0.255 e. The van der Waals surface area contributed by atoms with Crippen LogP contribution in [0.25, 0.3) is 16.9 Å². The van der Waals surface area contributed by atoms with Crippen molar-refractivity contribution in [2.45, 2.75) is 20.8 Å². The van der Waals surface area contributed by atoms with Crippen molar-refractivity contribution in [2.75, 3.05) is 5.32 Å². The fourth-order valence-electron chi connectivity index (χ4n) is 3.25. The van der Waals surface area contributed by atoms with Crippen molar-refractivity contribution in [3.63, 3.8) is 0 Å². The highest BCUT2D eigenvalue weighted by Crippen LogP contribution is 2.23. The molecule has 4 heteroatoms. The second-order valence-electron chi connectivity index (χ2n) is 6.95. The van der Waals surface area contributed by atoms with Crippen LogP contribution in [0.5, 0.6) is 0 Å². The molecule has 0 radical (unpaired) electrons. The van der Waals surface area contributed by atoms with E-state index < -0.39 is 0 Å². The zero-order chi connectivity index (χ0) is 19.0. The van der Waals surface area contributed by atoms with Gasteiger partial charge in [0.2, 0.25) is 0 Å². The first-order valence-corrected chi connectivity index (χ1v) is 8.94. The number of aromatic nitrogens is 2. The Kier molecular flexibility index (Phi) is 4.24. The highest BCUT2D eigenvalue weighted by Gasteiger charge is 2.11. The summed E-state index contributed by atoms with van der Waals surface area (Å²) >= 11 is 0. The number of hydrogen-bond acceptors (Lipinski definition) is 2. The third-order valence-corrected chi connectivity index (χ3v) is 4.66. The second-order valence-corrected chi connectivity index (χ2v) is 6.95. The quantitative estimate of drug-likeness (QED) is 0.550. The summed E-state index contributed by atoms with van der Waals surface area (Å²) in [5, 5.41) is 3.00. The highest BCUT2D eigenvalue weighted by molar-refractivity contribution is 6.05. The number of hydrogen-bond donors (Lipinski definition) is 1. The summed E-state index contributed by atoms with van der Waals surface area (Å²) < 4.78 is 2.00. The van der Waals surface area contributed by atoms with Crippen LogP contribution in [0.1, 0.15) is 27.0 Å². The number of nitrogens with zero attached hydrogens (tertiary/aromatic N) is 2. The predicted molar refractivity (Wildman–Crippen MR) is 109 cm³/mol. The first-order valence-electron chi connectivity index (χ1n) is 8.94. The van der Waals surface area contributed by atoms with Crippen molar-refractivity contribution in [2.24, 2.45) is 0 Å². The Morgan fingerprint density at radius 1 is 0.963 bits per heavy atom. The number of anilines is 1. The highest BCUT2D eigenvalue weighted by atomic mass is 16.1. The Morgan fingerprint density at radius 2 is 1.78 bits per heavy atom. The molecule has 0 bridgehead atoms. The lowest BCUT2D eigenvalue weighted by atomic mass is 10.0. The van der Waals surface area contributed by atoms with E-state index in [1.807, 2.05) is 73.1 Å². The summed E-state index contributed by atoms with van der Waals surface area (Å²) in [6.07, 6.45) is 4.01. The molecule has 0 aliphatic heterocycles. The number of nitrogens with one attached hydrogen (secondary N) is 1. The predicted octanol–water partition coefficient (Wildman–Crippen LogP) is 5.18. The van der Waals surface area contributed by atoms with Crippen LogP contribution in [0.15, 0.2) is 67.0 Å². The number of pyridine rings is 1. The van der Waals surface area contributed by atoms with Gasteiger partial charge >= 0.3 is 0 Å². The third-order valence-electron chi connectivity index (χ3n) is 4.66. The van der Waals surface area contributed by atoms with Crippen molar-refractivity contribution in [3.05, 3.63) is 89.2 Å². The largest absolute Gasteiger partial charge is 0.322 e. The number of carbonyl (C=O) groups is 1. The average Bonchev–Trinajstić information content (AvgIpc) is 3.05. The van der Waals surface area contributed by atoms with Gasteiger partial charge in [-0.05, 0) is 62.2 Å². The number of fused-ring (bicyclic) bond motifs is 1. The van der Waals surface area contributed by atoms with Gasteiger partial charge in [0, 0.05) is 29.2 Å². The Morgan fingerprint density at radius 3 is 2.59 bits per heavy atom. The van der Waals surface area contributed by atoms with Crippen molar-refractivity contribution in [1.29, 1.82) is 0 Å². The molecule has 4 nitrogen and oxygen atoms in total. The van der Waals surface area contributed by atoms with Gasteiger partial charge in [0.15, 0.2) is 0 Å². The Balaban J connectivity index is 1.62. The molecular weight excluding hydrogens is 334 g/mol. The minimum atomic E-state index is -0.102. The molecule has 0 saturated heterocycles. The molecule has 2 aromatic heterocycles. The van der Waals surface area contributed by atoms with Gasteiger partial charge < -0.3 is 9.72 Å². The minimum absolute atomic E-state index is 0.102. The van der Waals surface area contributed by atoms with Gasteiger partial charge in [-0.2, -0.15) is 0 Å². The monoisotopic (exact) mass is 355 g/mol. The molecular formula is C23H21N3O. The number of aryl methyl sites for hydroxylation is 3. The van der Waals surface area contributed by atoms with E-state index in [-0.39, 0.29) is 5.91 Å². The van der Waals surface area contributed by atoms with E-state index in [9.17, 15) is 4.79 Å². The van der Waals surface area contributed by atoms with Gasteiger partial charge in [0.05, 0.1) is 5.69 Å². The molecule has 0 spiro atoms. The molecule has 4 aromatic rings. The van der Waals surface area contributed by atoms with Crippen LogP contribution in [0.3, 0.4) is 0 Å². The molecule has 0 atom stereocenters. The average molecular weight is 355 g/mol. The Bertz CT molecular complexity index is 1160. The third kappa shape index (κ3) is 3.47. The molecule has 1 N–H and O–H groups in total. The van der Waals surface area contributed by atoms with Gasteiger partial charge in [-0.1, -0.05) is 29.8 Å². The van der Waals surface area contributed by atoms with Crippen molar-refractivity contribution >= 4 is 17.2 Å². The van der Waals surface area contributed by atoms with E-state index in [0.717, 1.165) is 33.7 Å². The van der Waals surface area contributed by atoms with Crippen molar-refractivity contribution < 1.29 is 4.79 Å². The Hall–Kier alpha value is -3.40. The summed E-state index contributed by atoms with van der Waals surface area (Å²) in [5.41, 5.74) is 7.49. The molecule has 0 unspecified atom stereocenters. The van der Waals surface area contributed by atoms with E-state index in [2.05, 4.69) is 24.4 Å². The SMILES string of the molecule is Cc1ccc(C(=O)Nc2cccc(-c3cn4ccc(C)cc4n3)c2)c(C)c1. The van der Waals surface area contributed by atoms with Gasteiger partial charge in [0.1, 0.15) is 5.65 Å². The van der Waals surface area contributed by atoms with Crippen LogP contribution in [0.4, 0.5) is 5.69 Å². The zero-order valence-corrected chi connectivity index (χ0v) is 15.7. The van der Waals surface area contributed by atoms with Crippen LogP contribution in [0.2, 0.25) is 0 Å². The van der Waals surface area contributed by atoms with E-state index in [1.165, 1.54) is 5.56 Å². The number of benzene rings is 2. The number of carbonyl (C=O) groups excluding carboxylic acids is 1. The summed E-state index contributed by atoms with van der Waals surface area (Å²) in [6.45, 7) is 6.03. The van der Waals surface area contributed by atoms with Crippen LogP contribution in [-0.4, -0.2) is 15.3 Å². The van der Waals surface area contributed by atoms with Gasteiger partial charge in [-0.15, -0.1) is 0 Å². The van der Waals surface area contributed by atoms with E-state index in [0.29, 0.717) is 5.56 Å². The zero-order valence-electron chi connectivity index (χ0n) is 15.7. The maximum atomic E-state index is 12.6. The second kappa shape index (κ2) is 6.72. The molecule has 134 valence electrons. The van der Waals surface area contributed by atoms with Crippen LogP contribution in [-0.2, 0) is 0 Å². The molecule has 0 aliphatic rings. The topological polar surface area (TPSA) is 46.4 Å². The molecule has 2 heterocycles. The minimum Gasteiger partial charge on any atom is -0.322 e. The van der Waals surface area contributed by atoms with Crippen LogP contribution in [0, 0.1) is 20.8 Å². The molecule has 1 amide bonds. The standard InChI is InChI=1S/C23H21N3O/c1-15-7-8-20(17(3)11-15)23(27)24-19-6-4-5-18(13-19)21-14-26-10-9-16(2)12-22(26)25-21/h4-14H,1-3H3,(H,24,27). The lowest BCUT2D eigenvalue weighted by Gasteiger charge is -2.09. The van der Waals surface area contributed by atoms with E-state index in [1.54, 1.807) is 0 Å². The van der Waals surface area contributed by atoms with Gasteiger partial charge in [-0.25, -0.2) is 4.98 Å². The molecule has 0 aliphatic carbocycles. The summed E-state index contributed by atoms with van der Waals surface area (Å²) in [7, 11) is 0. The normalized spacial score (nSPS) is 10.9. The van der Waals surface area contributed by atoms with Crippen LogP contribution < -0.4 is 5.32 Å². The lowest BCUT2D eigenvalue weighted by Crippen LogP contribution is -2.13. The first-order chi connectivity index (χ1) is 13.0. The van der Waals surface area contributed by atoms with Gasteiger partial charge in [0.25, 0.3) is 5.91 Å². The molecule has 2 aromatic carbocycles. The molecule has 0 saturated carbocycles. The van der Waals surface area contributed by atoms with Crippen molar-refractivity contribution in [1.82, 2.24) is 9.38 Å². The lowest BCUT2D eigenvalue weighted by molar-refractivity contribution is 0.102. The fourth-order valence-corrected chi connectivity index (χ4v) is 3.25.